The SMILES string of the molecule is CC(C)N1CCC(C(=O)NCCC(F)(F)F)C1. The molecule has 6 heteroatoms. The van der Waals surface area contributed by atoms with Crippen molar-refractivity contribution in [1.82, 2.24) is 10.2 Å². The summed E-state index contributed by atoms with van der Waals surface area (Å²) in [6.07, 6.45) is -4.43. The van der Waals surface area contributed by atoms with Crippen LogP contribution in [0.2, 0.25) is 0 Å². The number of hydrogen-bond donors (Lipinski definition) is 1. The van der Waals surface area contributed by atoms with Gasteiger partial charge in [-0.25, -0.2) is 0 Å². The van der Waals surface area contributed by atoms with Crippen LogP contribution in [0.5, 0.6) is 0 Å². The monoisotopic (exact) mass is 252 g/mol. The molecular formula is C11H19F3N2O. The summed E-state index contributed by atoms with van der Waals surface area (Å²) in [5, 5.41) is 2.36. The van der Waals surface area contributed by atoms with E-state index in [0.717, 1.165) is 13.0 Å². The molecule has 0 spiro atoms. The third-order valence-corrected chi connectivity index (χ3v) is 3.03. The van der Waals surface area contributed by atoms with Crippen molar-refractivity contribution >= 4 is 5.91 Å². The number of amides is 1. The number of carbonyl (C=O) groups excluding carboxylic acids is 1. The molecule has 0 aromatic heterocycles. The first-order chi connectivity index (χ1) is 7.79. The van der Waals surface area contributed by atoms with Gasteiger partial charge in [0.05, 0.1) is 12.3 Å². The number of carbonyl (C=O) groups is 1. The molecule has 1 unspecified atom stereocenters. The summed E-state index contributed by atoms with van der Waals surface area (Å²) in [5.74, 6) is -0.414. The summed E-state index contributed by atoms with van der Waals surface area (Å²) >= 11 is 0. The van der Waals surface area contributed by atoms with Crippen LogP contribution in [0.25, 0.3) is 0 Å². The molecule has 1 atom stereocenters. The van der Waals surface area contributed by atoms with Gasteiger partial charge in [0.1, 0.15) is 0 Å². The molecule has 0 aromatic rings. The first-order valence-electron chi connectivity index (χ1n) is 5.88. The van der Waals surface area contributed by atoms with Crippen LogP contribution >= 0.6 is 0 Å². The lowest BCUT2D eigenvalue weighted by atomic mass is 10.1. The molecule has 17 heavy (non-hydrogen) atoms. The Morgan fingerprint density at radius 1 is 1.47 bits per heavy atom. The molecule has 1 rings (SSSR count). The topological polar surface area (TPSA) is 32.3 Å². The summed E-state index contributed by atoms with van der Waals surface area (Å²) in [7, 11) is 0. The fourth-order valence-corrected chi connectivity index (χ4v) is 1.94. The van der Waals surface area contributed by atoms with Gasteiger partial charge in [-0.2, -0.15) is 13.2 Å². The highest BCUT2D eigenvalue weighted by Gasteiger charge is 2.31. The Bertz CT molecular complexity index is 266. The molecule has 3 nitrogen and oxygen atoms in total. The molecule has 1 fully saturated rings. The quantitative estimate of drug-likeness (QED) is 0.827. The maximum Gasteiger partial charge on any atom is 0.390 e. The van der Waals surface area contributed by atoms with E-state index < -0.39 is 12.6 Å². The Morgan fingerprint density at radius 2 is 2.12 bits per heavy atom. The third-order valence-electron chi connectivity index (χ3n) is 3.03. The zero-order valence-corrected chi connectivity index (χ0v) is 10.2. The number of rotatable bonds is 4. The van der Waals surface area contributed by atoms with Crippen LogP contribution in [0.4, 0.5) is 13.2 Å². The lowest BCUT2D eigenvalue weighted by molar-refractivity contribution is -0.136. The molecule has 1 saturated heterocycles. The number of halogens is 3. The summed E-state index contributed by atoms with van der Waals surface area (Å²) < 4.78 is 35.7. The van der Waals surface area contributed by atoms with Gasteiger partial charge in [-0.15, -0.1) is 0 Å². The van der Waals surface area contributed by atoms with Crippen molar-refractivity contribution in [2.75, 3.05) is 19.6 Å². The fraction of sp³-hybridized carbons (Fsp3) is 0.909. The maximum absolute atomic E-state index is 11.9. The van der Waals surface area contributed by atoms with Gasteiger partial charge >= 0.3 is 6.18 Å². The van der Waals surface area contributed by atoms with E-state index in [1.54, 1.807) is 0 Å². The predicted molar refractivity (Wildman–Crippen MR) is 58.5 cm³/mol. The summed E-state index contributed by atoms with van der Waals surface area (Å²) in [5.41, 5.74) is 0. The van der Waals surface area contributed by atoms with E-state index >= 15 is 0 Å². The Balaban J connectivity index is 2.26. The smallest absolute Gasteiger partial charge is 0.355 e. The van der Waals surface area contributed by atoms with Crippen LogP contribution in [0, 0.1) is 5.92 Å². The van der Waals surface area contributed by atoms with Crippen LogP contribution in [0.15, 0.2) is 0 Å². The van der Waals surface area contributed by atoms with Crippen LogP contribution in [-0.2, 0) is 4.79 Å². The van der Waals surface area contributed by atoms with Crippen LogP contribution < -0.4 is 5.32 Å². The second-order valence-electron chi connectivity index (χ2n) is 4.73. The van der Waals surface area contributed by atoms with E-state index in [2.05, 4.69) is 10.2 Å². The highest BCUT2D eigenvalue weighted by Crippen LogP contribution is 2.20. The largest absolute Gasteiger partial charge is 0.390 e. The van der Waals surface area contributed by atoms with Gasteiger partial charge in [-0.05, 0) is 26.8 Å². The normalized spacial score (nSPS) is 22.1. The maximum atomic E-state index is 11.9. The van der Waals surface area contributed by atoms with Gasteiger partial charge in [0.25, 0.3) is 0 Å². The van der Waals surface area contributed by atoms with E-state index in [9.17, 15) is 18.0 Å². The highest BCUT2D eigenvalue weighted by molar-refractivity contribution is 5.79. The van der Waals surface area contributed by atoms with Crippen molar-refractivity contribution in [3.05, 3.63) is 0 Å². The van der Waals surface area contributed by atoms with Gasteiger partial charge in [0.15, 0.2) is 0 Å². The van der Waals surface area contributed by atoms with Gasteiger partial charge in [-0.3, -0.25) is 4.79 Å². The van der Waals surface area contributed by atoms with Gasteiger partial charge < -0.3 is 10.2 Å². The van der Waals surface area contributed by atoms with E-state index in [4.69, 9.17) is 0 Å². The number of alkyl halides is 3. The molecule has 1 aliphatic heterocycles. The third kappa shape index (κ3) is 4.93. The van der Waals surface area contributed by atoms with Gasteiger partial charge in [-0.1, -0.05) is 0 Å². The molecular weight excluding hydrogens is 233 g/mol. The minimum atomic E-state index is -4.20. The van der Waals surface area contributed by atoms with Crippen molar-refractivity contribution in [2.45, 2.75) is 38.9 Å². The van der Waals surface area contributed by atoms with E-state index in [-0.39, 0.29) is 18.4 Å². The zero-order chi connectivity index (χ0) is 13.1. The number of nitrogens with zero attached hydrogens (tertiary/aromatic N) is 1. The van der Waals surface area contributed by atoms with Crippen molar-refractivity contribution < 1.29 is 18.0 Å². The first-order valence-corrected chi connectivity index (χ1v) is 5.88. The number of likely N-dealkylation sites (tertiary alicyclic amines) is 1. The van der Waals surface area contributed by atoms with Crippen molar-refractivity contribution in [3.63, 3.8) is 0 Å². The minimum Gasteiger partial charge on any atom is -0.355 e. The second kappa shape index (κ2) is 5.71. The Kier molecular flexibility index (Phi) is 4.80. The van der Waals surface area contributed by atoms with Crippen LogP contribution in [-0.4, -0.2) is 42.7 Å². The Hall–Kier alpha value is -0.780. The lowest BCUT2D eigenvalue weighted by Crippen LogP contribution is -2.36. The zero-order valence-electron chi connectivity index (χ0n) is 10.2. The summed E-state index contributed by atoms with van der Waals surface area (Å²) in [4.78, 5) is 13.8. The Morgan fingerprint density at radius 3 is 2.59 bits per heavy atom. The fourth-order valence-electron chi connectivity index (χ4n) is 1.94. The predicted octanol–water partition coefficient (Wildman–Crippen LogP) is 1.79. The van der Waals surface area contributed by atoms with E-state index in [1.807, 2.05) is 13.8 Å². The number of hydrogen-bond acceptors (Lipinski definition) is 2. The molecule has 0 radical (unpaired) electrons. The van der Waals surface area contributed by atoms with Gasteiger partial charge in [0, 0.05) is 19.1 Å². The first kappa shape index (κ1) is 14.3. The molecule has 1 amide bonds. The average Bonchev–Trinajstić information content (AvgIpc) is 2.63. The molecule has 0 bridgehead atoms. The second-order valence-corrected chi connectivity index (χ2v) is 4.73. The van der Waals surface area contributed by atoms with E-state index in [1.165, 1.54) is 0 Å². The summed E-state index contributed by atoms with van der Waals surface area (Å²) in [6.45, 7) is 5.26. The molecule has 1 aliphatic rings. The van der Waals surface area contributed by atoms with Gasteiger partial charge in [0.2, 0.25) is 5.91 Å². The molecule has 100 valence electrons. The highest BCUT2D eigenvalue weighted by atomic mass is 19.4. The van der Waals surface area contributed by atoms with E-state index in [0.29, 0.717) is 12.6 Å². The Labute approximate surface area is 99.4 Å². The lowest BCUT2D eigenvalue weighted by Gasteiger charge is -2.20. The molecule has 1 N–H and O–H groups in total. The molecule has 1 heterocycles. The average molecular weight is 252 g/mol. The summed E-state index contributed by atoms with van der Waals surface area (Å²) in [6, 6.07) is 0.378. The molecule has 0 saturated carbocycles. The van der Waals surface area contributed by atoms with Crippen LogP contribution in [0.3, 0.4) is 0 Å². The standard InChI is InChI=1S/C11H19F3N2O/c1-8(2)16-6-3-9(7-16)10(17)15-5-4-11(12,13)14/h8-9H,3-7H2,1-2H3,(H,15,17). The van der Waals surface area contributed by atoms with Crippen molar-refractivity contribution in [2.24, 2.45) is 5.92 Å². The van der Waals surface area contributed by atoms with Crippen molar-refractivity contribution in [1.29, 1.82) is 0 Å². The molecule has 0 aliphatic carbocycles. The van der Waals surface area contributed by atoms with Crippen molar-refractivity contribution in [3.8, 4) is 0 Å². The minimum absolute atomic E-state index is 0.161. The number of nitrogens with one attached hydrogen (secondary N) is 1. The van der Waals surface area contributed by atoms with Crippen LogP contribution in [0.1, 0.15) is 26.7 Å². The molecule has 0 aromatic carbocycles.